The van der Waals surface area contributed by atoms with Gasteiger partial charge in [0.05, 0.1) is 12.2 Å². The Kier molecular flexibility index (Phi) is 2.68. The monoisotopic (exact) mass is 156 g/mol. The van der Waals surface area contributed by atoms with Gasteiger partial charge in [-0.15, -0.1) is 0 Å². The van der Waals surface area contributed by atoms with Gasteiger partial charge in [0, 0.05) is 13.0 Å². The topological polar surface area (TPSA) is 29.5 Å². The van der Waals surface area contributed by atoms with Crippen molar-refractivity contribution in [3.05, 3.63) is 11.6 Å². The van der Waals surface area contributed by atoms with E-state index in [1.54, 1.807) is 7.11 Å². The number of allylic oxidation sites excluding steroid dienone is 1. The van der Waals surface area contributed by atoms with Crippen molar-refractivity contribution in [2.24, 2.45) is 5.92 Å². The maximum Gasteiger partial charge on any atom is 0.0777 e. The van der Waals surface area contributed by atoms with Gasteiger partial charge in [-0.1, -0.05) is 11.6 Å². The minimum Gasteiger partial charge on any atom is -0.389 e. The fourth-order valence-electron chi connectivity index (χ4n) is 1.29. The summed E-state index contributed by atoms with van der Waals surface area (Å²) in [5.74, 6) is 0.342. The highest BCUT2D eigenvalue weighted by molar-refractivity contribution is 5.06. The molecule has 1 saturated carbocycles. The highest BCUT2D eigenvalue weighted by Gasteiger charge is 2.41. The standard InChI is InChI=1S/C9H16O2/c1-6(2)4-8(10)7-5-9(7)11-3/h4,7-10H,5H2,1-3H3. The summed E-state index contributed by atoms with van der Waals surface area (Å²) in [6.45, 7) is 3.99. The Morgan fingerprint density at radius 2 is 2.27 bits per heavy atom. The molecule has 0 bridgehead atoms. The molecule has 3 unspecified atom stereocenters. The van der Waals surface area contributed by atoms with Crippen LogP contribution in [0.4, 0.5) is 0 Å². The summed E-state index contributed by atoms with van der Waals surface area (Å²) < 4.78 is 5.09. The first-order chi connectivity index (χ1) is 5.15. The lowest BCUT2D eigenvalue weighted by Crippen LogP contribution is -2.09. The van der Waals surface area contributed by atoms with Crippen molar-refractivity contribution in [1.82, 2.24) is 0 Å². The lowest BCUT2D eigenvalue weighted by Gasteiger charge is -2.04. The van der Waals surface area contributed by atoms with Crippen LogP contribution in [0.1, 0.15) is 20.3 Å². The number of ether oxygens (including phenoxy) is 1. The molecule has 64 valence electrons. The molecule has 1 aliphatic rings. The summed E-state index contributed by atoms with van der Waals surface area (Å²) >= 11 is 0. The molecule has 0 aromatic carbocycles. The molecule has 1 rings (SSSR count). The van der Waals surface area contributed by atoms with Crippen LogP contribution in [-0.4, -0.2) is 24.4 Å². The van der Waals surface area contributed by atoms with Crippen LogP contribution >= 0.6 is 0 Å². The summed E-state index contributed by atoms with van der Waals surface area (Å²) in [4.78, 5) is 0. The quantitative estimate of drug-likeness (QED) is 0.625. The molecule has 0 radical (unpaired) electrons. The average Bonchev–Trinajstić information content (AvgIpc) is 2.63. The van der Waals surface area contributed by atoms with E-state index in [1.165, 1.54) is 5.57 Å². The first-order valence-corrected chi connectivity index (χ1v) is 4.01. The molecular formula is C9H16O2. The Morgan fingerprint density at radius 3 is 2.64 bits per heavy atom. The first kappa shape index (κ1) is 8.75. The molecule has 2 nitrogen and oxygen atoms in total. The minimum atomic E-state index is -0.301. The van der Waals surface area contributed by atoms with E-state index in [2.05, 4.69) is 0 Å². The van der Waals surface area contributed by atoms with Crippen LogP contribution in [0.2, 0.25) is 0 Å². The van der Waals surface area contributed by atoms with Crippen LogP contribution in [0.15, 0.2) is 11.6 Å². The summed E-state index contributed by atoms with van der Waals surface area (Å²) in [7, 11) is 1.69. The number of hydrogen-bond donors (Lipinski definition) is 1. The Balaban J connectivity index is 2.33. The molecule has 2 heteroatoms. The van der Waals surface area contributed by atoms with E-state index in [1.807, 2.05) is 19.9 Å². The van der Waals surface area contributed by atoms with Gasteiger partial charge in [-0.2, -0.15) is 0 Å². The third kappa shape index (κ3) is 2.31. The lowest BCUT2D eigenvalue weighted by molar-refractivity contribution is 0.126. The van der Waals surface area contributed by atoms with Gasteiger partial charge in [-0.25, -0.2) is 0 Å². The predicted octanol–water partition coefficient (Wildman–Crippen LogP) is 1.35. The number of methoxy groups -OCH3 is 1. The van der Waals surface area contributed by atoms with E-state index < -0.39 is 0 Å². The molecule has 1 fully saturated rings. The first-order valence-electron chi connectivity index (χ1n) is 4.01. The highest BCUT2D eigenvalue weighted by atomic mass is 16.5. The zero-order valence-corrected chi connectivity index (χ0v) is 7.37. The Labute approximate surface area is 67.9 Å². The van der Waals surface area contributed by atoms with Crippen molar-refractivity contribution in [1.29, 1.82) is 0 Å². The molecule has 0 amide bonds. The summed E-state index contributed by atoms with van der Waals surface area (Å²) in [6, 6.07) is 0. The van der Waals surface area contributed by atoms with E-state index in [9.17, 15) is 5.11 Å². The van der Waals surface area contributed by atoms with Crippen molar-refractivity contribution in [3.63, 3.8) is 0 Å². The van der Waals surface area contributed by atoms with Crippen molar-refractivity contribution < 1.29 is 9.84 Å². The number of rotatable bonds is 3. The molecule has 1 N–H and O–H groups in total. The Morgan fingerprint density at radius 1 is 1.64 bits per heavy atom. The van der Waals surface area contributed by atoms with Gasteiger partial charge >= 0.3 is 0 Å². The van der Waals surface area contributed by atoms with Crippen LogP contribution < -0.4 is 0 Å². The third-order valence-electron chi connectivity index (χ3n) is 2.02. The lowest BCUT2D eigenvalue weighted by atomic mass is 10.1. The Bertz CT molecular complexity index is 159. The number of aliphatic hydroxyl groups is 1. The van der Waals surface area contributed by atoms with Gasteiger partial charge < -0.3 is 9.84 Å². The second-order valence-corrected chi connectivity index (χ2v) is 3.41. The van der Waals surface area contributed by atoms with E-state index in [0.717, 1.165) is 6.42 Å². The zero-order chi connectivity index (χ0) is 8.43. The van der Waals surface area contributed by atoms with E-state index in [-0.39, 0.29) is 6.10 Å². The maximum atomic E-state index is 9.50. The molecular weight excluding hydrogens is 140 g/mol. The van der Waals surface area contributed by atoms with Gasteiger partial charge in [0.15, 0.2) is 0 Å². The van der Waals surface area contributed by atoms with E-state index in [4.69, 9.17) is 4.74 Å². The highest BCUT2D eigenvalue weighted by Crippen LogP contribution is 2.36. The molecule has 3 atom stereocenters. The van der Waals surface area contributed by atoms with Gasteiger partial charge in [-0.05, 0) is 20.3 Å². The normalized spacial score (nSPS) is 31.3. The van der Waals surface area contributed by atoms with Gasteiger partial charge in [0.2, 0.25) is 0 Å². The number of aliphatic hydroxyl groups excluding tert-OH is 1. The average molecular weight is 156 g/mol. The minimum absolute atomic E-state index is 0.292. The summed E-state index contributed by atoms with van der Waals surface area (Å²) in [5.41, 5.74) is 1.17. The van der Waals surface area contributed by atoms with Crippen molar-refractivity contribution in [2.45, 2.75) is 32.5 Å². The fourth-order valence-corrected chi connectivity index (χ4v) is 1.29. The molecule has 0 spiro atoms. The van der Waals surface area contributed by atoms with Crippen molar-refractivity contribution in [2.75, 3.05) is 7.11 Å². The Hall–Kier alpha value is -0.340. The molecule has 0 aromatic rings. The SMILES string of the molecule is COC1CC1C(O)C=C(C)C. The second kappa shape index (κ2) is 3.37. The van der Waals surface area contributed by atoms with Crippen molar-refractivity contribution >= 4 is 0 Å². The summed E-state index contributed by atoms with van der Waals surface area (Å²) in [6.07, 6.45) is 2.89. The molecule has 1 aliphatic carbocycles. The molecule has 11 heavy (non-hydrogen) atoms. The fraction of sp³-hybridized carbons (Fsp3) is 0.778. The number of hydrogen-bond acceptors (Lipinski definition) is 2. The summed E-state index contributed by atoms with van der Waals surface area (Å²) in [5, 5.41) is 9.50. The maximum absolute atomic E-state index is 9.50. The zero-order valence-electron chi connectivity index (χ0n) is 7.37. The predicted molar refractivity (Wildman–Crippen MR) is 44.3 cm³/mol. The molecule has 0 heterocycles. The van der Waals surface area contributed by atoms with Gasteiger partial charge in [-0.3, -0.25) is 0 Å². The molecule has 0 aliphatic heterocycles. The van der Waals surface area contributed by atoms with E-state index in [0.29, 0.717) is 12.0 Å². The van der Waals surface area contributed by atoms with Crippen LogP contribution in [0, 0.1) is 5.92 Å². The smallest absolute Gasteiger partial charge is 0.0777 e. The molecule has 0 saturated heterocycles. The van der Waals surface area contributed by atoms with Gasteiger partial charge in [0.25, 0.3) is 0 Å². The molecule has 0 aromatic heterocycles. The van der Waals surface area contributed by atoms with Crippen LogP contribution in [0.5, 0.6) is 0 Å². The van der Waals surface area contributed by atoms with Crippen molar-refractivity contribution in [3.8, 4) is 0 Å². The van der Waals surface area contributed by atoms with Crippen LogP contribution in [0.25, 0.3) is 0 Å². The van der Waals surface area contributed by atoms with Gasteiger partial charge in [0.1, 0.15) is 0 Å². The van der Waals surface area contributed by atoms with Crippen LogP contribution in [0.3, 0.4) is 0 Å². The largest absolute Gasteiger partial charge is 0.389 e. The van der Waals surface area contributed by atoms with E-state index >= 15 is 0 Å². The van der Waals surface area contributed by atoms with Crippen LogP contribution in [-0.2, 0) is 4.74 Å². The second-order valence-electron chi connectivity index (χ2n) is 3.41. The third-order valence-corrected chi connectivity index (χ3v) is 2.02.